The van der Waals surface area contributed by atoms with Crippen LogP contribution in [0.2, 0.25) is 0 Å². The van der Waals surface area contributed by atoms with Gasteiger partial charge in [-0.3, -0.25) is 9.59 Å². The number of fused-ring (bicyclic) bond motifs is 1. The van der Waals surface area contributed by atoms with Gasteiger partial charge in [0.2, 0.25) is 0 Å². The number of nitrogens with zero attached hydrogens (tertiary/aromatic N) is 1. The summed E-state index contributed by atoms with van der Waals surface area (Å²) in [5.41, 5.74) is 4.25. The van der Waals surface area contributed by atoms with Crippen LogP contribution < -0.4 is 9.47 Å². The highest BCUT2D eigenvalue weighted by Gasteiger charge is 2.35. The minimum absolute atomic E-state index is 0.133. The molecule has 1 aliphatic heterocycles. The van der Waals surface area contributed by atoms with Gasteiger partial charge in [-0.2, -0.15) is 0 Å². The van der Waals surface area contributed by atoms with Crippen molar-refractivity contribution in [2.24, 2.45) is 0 Å². The number of carbonyl (C=O) groups excluding carboxylic acids is 1. The van der Waals surface area contributed by atoms with Gasteiger partial charge in [-0.05, 0) is 54.3 Å². The van der Waals surface area contributed by atoms with E-state index in [1.807, 2.05) is 30.3 Å². The molecule has 4 rings (SSSR count). The van der Waals surface area contributed by atoms with Crippen molar-refractivity contribution in [3.8, 4) is 11.5 Å². The molecule has 1 N–H and O–H groups in total. The Morgan fingerprint density at radius 1 is 1.06 bits per heavy atom. The van der Waals surface area contributed by atoms with Crippen LogP contribution in [0.4, 0.5) is 0 Å². The van der Waals surface area contributed by atoms with Crippen molar-refractivity contribution in [3.05, 3.63) is 94.5 Å². The van der Waals surface area contributed by atoms with Crippen molar-refractivity contribution in [2.45, 2.75) is 45.3 Å². The third kappa shape index (κ3) is 5.65. The molecule has 0 bridgehead atoms. The summed E-state index contributed by atoms with van der Waals surface area (Å²) >= 11 is 0. The smallest absolute Gasteiger partial charge is 0.323 e. The van der Waals surface area contributed by atoms with Crippen molar-refractivity contribution in [3.63, 3.8) is 0 Å². The third-order valence-electron chi connectivity index (χ3n) is 6.40. The number of aliphatic carboxylic acids is 1. The van der Waals surface area contributed by atoms with Crippen LogP contribution in [0.5, 0.6) is 11.5 Å². The van der Waals surface area contributed by atoms with Crippen molar-refractivity contribution in [1.29, 1.82) is 0 Å². The van der Waals surface area contributed by atoms with Gasteiger partial charge in [0.15, 0.2) is 0 Å². The highest BCUT2D eigenvalue weighted by atomic mass is 16.5. The molecule has 35 heavy (non-hydrogen) atoms. The first kappa shape index (κ1) is 24.3. The molecule has 1 heterocycles. The molecule has 1 atom stereocenters. The first-order valence-corrected chi connectivity index (χ1v) is 11.8. The Labute approximate surface area is 206 Å². The first-order chi connectivity index (χ1) is 16.8. The lowest BCUT2D eigenvalue weighted by atomic mass is 9.91. The minimum Gasteiger partial charge on any atom is -0.496 e. The van der Waals surface area contributed by atoms with E-state index in [4.69, 9.17) is 9.47 Å². The van der Waals surface area contributed by atoms with E-state index in [-0.39, 0.29) is 12.5 Å². The molecule has 0 fully saturated rings. The summed E-state index contributed by atoms with van der Waals surface area (Å²) in [7, 11) is 1.55. The van der Waals surface area contributed by atoms with E-state index in [9.17, 15) is 14.7 Å². The number of carboxylic acids is 1. The highest BCUT2D eigenvalue weighted by Crippen LogP contribution is 2.38. The molecular weight excluding hydrogens is 442 g/mol. The molecular formula is C29H31NO5. The minimum atomic E-state index is -1.07. The molecule has 0 radical (unpaired) electrons. The number of hydrogen-bond donors (Lipinski definition) is 1. The Balaban J connectivity index is 1.53. The second-order valence-corrected chi connectivity index (χ2v) is 9.26. The normalized spacial score (nSPS) is 16.3. The van der Waals surface area contributed by atoms with Gasteiger partial charge in [-0.25, -0.2) is 0 Å². The fraction of sp³-hybridized carbons (Fsp3) is 0.310. The summed E-state index contributed by atoms with van der Waals surface area (Å²) in [6, 6.07) is 21.2. The molecule has 1 amide bonds. The van der Waals surface area contributed by atoms with Crippen LogP contribution in [0, 0.1) is 0 Å². The van der Waals surface area contributed by atoms with Crippen molar-refractivity contribution in [2.75, 3.05) is 13.7 Å². The Hall–Kier alpha value is -3.80. The monoisotopic (exact) mass is 473 g/mol. The number of carboxylic acid groups (broad SMARTS) is 1. The van der Waals surface area contributed by atoms with Gasteiger partial charge < -0.3 is 19.5 Å². The summed E-state index contributed by atoms with van der Waals surface area (Å²) in [6.45, 7) is 3.95. The molecule has 1 aliphatic rings. The van der Waals surface area contributed by atoms with Gasteiger partial charge in [0, 0.05) is 24.0 Å². The zero-order valence-corrected chi connectivity index (χ0v) is 20.4. The number of amides is 1. The Morgan fingerprint density at radius 2 is 1.77 bits per heavy atom. The van der Waals surface area contributed by atoms with E-state index in [1.54, 1.807) is 19.2 Å². The van der Waals surface area contributed by atoms with Gasteiger partial charge in [0.05, 0.1) is 13.7 Å². The van der Waals surface area contributed by atoms with Gasteiger partial charge in [0.1, 0.15) is 23.6 Å². The SMILES string of the molecule is CCc1ccc(CC2(C)Cc3cc(C(=O)N(CC(=O)O)Cc4ccccc4OC)ccc3O2)cc1. The lowest BCUT2D eigenvalue weighted by molar-refractivity contribution is -0.137. The van der Waals surface area contributed by atoms with Crippen LogP contribution in [-0.2, 0) is 30.6 Å². The standard InChI is InChI=1S/C29H31NO5/c1-4-20-9-11-21(12-10-20)16-29(2)17-24-15-22(13-14-26(24)35-29)28(33)30(19-27(31)32)18-23-7-5-6-8-25(23)34-3/h5-15H,4,16-19H2,1-3H3,(H,31,32). The fourth-order valence-electron chi connectivity index (χ4n) is 4.66. The van der Waals surface area contributed by atoms with Crippen LogP contribution >= 0.6 is 0 Å². The molecule has 1 unspecified atom stereocenters. The largest absolute Gasteiger partial charge is 0.496 e. The lowest BCUT2D eigenvalue weighted by Gasteiger charge is -2.24. The average molecular weight is 474 g/mol. The number of aryl methyl sites for hydroxylation is 1. The van der Waals surface area contributed by atoms with Crippen LogP contribution in [0.3, 0.4) is 0 Å². The molecule has 0 saturated carbocycles. The topological polar surface area (TPSA) is 76.1 Å². The maximum Gasteiger partial charge on any atom is 0.323 e. The van der Waals surface area contributed by atoms with Crippen molar-refractivity contribution >= 4 is 11.9 Å². The Bertz CT molecular complexity index is 1220. The molecule has 6 heteroatoms. The summed E-state index contributed by atoms with van der Waals surface area (Å²) in [5, 5.41) is 9.44. The van der Waals surface area contributed by atoms with E-state index in [1.165, 1.54) is 16.0 Å². The zero-order chi connectivity index (χ0) is 25.0. The van der Waals surface area contributed by atoms with Gasteiger partial charge >= 0.3 is 5.97 Å². The number of methoxy groups -OCH3 is 1. The third-order valence-corrected chi connectivity index (χ3v) is 6.40. The Morgan fingerprint density at radius 3 is 2.46 bits per heavy atom. The molecule has 0 saturated heterocycles. The molecule has 3 aromatic rings. The van der Waals surface area contributed by atoms with E-state index >= 15 is 0 Å². The molecule has 0 aromatic heterocycles. The van der Waals surface area contributed by atoms with E-state index < -0.39 is 18.1 Å². The number of para-hydroxylation sites is 1. The second-order valence-electron chi connectivity index (χ2n) is 9.26. The molecule has 0 spiro atoms. The summed E-state index contributed by atoms with van der Waals surface area (Å²) in [4.78, 5) is 26.2. The molecule has 182 valence electrons. The fourth-order valence-corrected chi connectivity index (χ4v) is 4.66. The molecule has 6 nitrogen and oxygen atoms in total. The molecule has 3 aromatic carbocycles. The highest BCUT2D eigenvalue weighted by molar-refractivity contribution is 5.96. The average Bonchev–Trinajstić information content (AvgIpc) is 3.18. The summed E-state index contributed by atoms with van der Waals surface area (Å²) in [5.74, 6) is -0.0335. The molecule has 0 aliphatic carbocycles. The Kier molecular flexibility index (Phi) is 7.10. The lowest BCUT2D eigenvalue weighted by Crippen LogP contribution is -2.35. The van der Waals surface area contributed by atoms with Gasteiger partial charge in [-0.15, -0.1) is 0 Å². The quantitative estimate of drug-likeness (QED) is 0.477. The van der Waals surface area contributed by atoms with E-state index in [0.29, 0.717) is 17.7 Å². The predicted octanol–water partition coefficient (Wildman–Crippen LogP) is 4.92. The van der Waals surface area contributed by atoms with Gasteiger partial charge in [-0.1, -0.05) is 49.4 Å². The van der Waals surface area contributed by atoms with Gasteiger partial charge in [0.25, 0.3) is 5.91 Å². The van der Waals surface area contributed by atoms with Crippen LogP contribution in [0.25, 0.3) is 0 Å². The summed E-state index contributed by atoms with van der Waals surface area (Å²) in [6.07, 6.45) is 2.44. The number of benzene rings is 3. The maximum absolute atomic E-state index is 13.4. The maximum atomic E-state index is 13.4. The van der Waals surface area contributed by atoms with Crippen LogP contribution in [-0.4, -0.2) is 41.1 Å². The number of ether oxygens (including phenoxy) is 2. The summed E-state index contributed by atoms with van der Waals surface area (Å²) < 4.78 is 11.7. The van der Waals surface area contributed by atoms with E-state index in [0.717, 1.165) is 29.7 Å². The van der Waals surface area contributed by atoms with Crippen LogP contribution in [0.1, 0.15) is 46.5 Å². The predicted molar refractivity (Wildman–Crippen MR) is 134 cm³/mol. The van der Waals surface area contributed by atoms with Crippen molar-refractivity contribution < 1.29 is 24.2 Å². The first-order valence-electron chi connectivity index (χ1n) is 11.8. The number of hydrogen-bond acceptors (Lipinski definition) is 4. The van der Waals surface area contributed by atoms with Crippen LogP contribution in [0.15, 0.2) is 66.7 Å². The number of rotatable bonds is 9. The van der Waals surface area contributed by atoms with E-state index in [2.05, 4.69) is 38.1 Å². The zero-order valence-electron chi connectivity index (χ0n) is 20.4. The number of carbonyl (C=O) groups is 2. The second kappa shape index (κ2) is 10.2. The van der Waals surface area contributed by atoms with Crippen molar-refractivity contribution in [1.82, 2.24) is 4.90 Å².